The lowest BCUT2D eigenvalue weighted by Gasteiger charge is -2.15. The van der Waals surface area contributed by atoms with Crippen molar-refractivity contribution in [3.8, 4) is 5.69 Å². The van der Waals surface area contributed by atoms with Crippen LogP contribution in [0.3, 0.4) is 0 Å². The zero-order valence-corrected chi connectivity index (χ0v) is 13.8. The number of aryl methyl sites for hydroxylation is 1. The van der Waals surface area contributed by atoms with Crippen LogP contribution in [-0.2, 0) is 0 Å². The molecule has 1 N–H and O–H groups in total. The van der Waals surface area contributed by atoms with Gasteiger partial charge in [0.2, 0.25) is 0 Å². The molecule has 0 amide bonds. The Labute approximate surface area is 127 Å². The largest absolute Gasteiger partial charge is 0.307 e. The highest BCUT2D eigenvalue weighted by atomic mass is 79.9. The van der Waals surface area contributed by atoms with E-state index < -0.39 is 0 Å². The molecule has 108 valence electrons. The summed E-state index contributed by atoms with van der Waals surface area (Å²) >= 11 is 3.56. The van der Waals surface area contributed by atoms with Gasteiger partial charge in [0.1, 0.15) is 0 Å². The van der Waals surface area contributed by atoms with E-state index in [1.54, 1.807) is 4.68 Å². The molecule has 1 atom stereocenters. The molecule has 0 fully saturated rings. The Hall–Kier alpha value is -1.27. The second-order valence-electron chi connectivity index (χ2n) is 5.43. The Morgan fingerprint density at radius 1 is 1.30 bits per heavy atom. The summed E-state index contributed by atoms with van der Waals surface area (Å²) in [6.45, 7) is 9.43. The van der Waals surface area contributed by atoms with Gasteiger partial charge in [0.25, 0.3) is 0 Å². The van der Waals surface area contributed by atoms with E-state index in [4.69, 9.17) is 0 Å². The van der Waals surface area contributed by atoms with Crippen molar-refractivity contribution in [2.75, 3.05) is 6.54 Å². The average Bonchev–Trinajstić information content (AvgIpc) is 2.88. The Kier molecular flexibility index (Phi) is 4.88. The number of rotatable bonds is 5. The first kappa shape index (κ1) is 15.1. The van der Waals surface area contributed by atoms with Gasteiger partial charge in [0.15, 0.2) is 5.82 Å². The van der Waals surface area contributed by atoms with Crippen LogP contribution in [0.25, 0.3) is 5.69 Å². The normalized spacial score (nSPS) is 12.9. The predicted octanol–water partition coefficient (Wildman–Crippen LogP) is 3.04. The summed E-state index contributed by atoms with van der Waals surface area (Å²) in [5.41, 5.74) is 2.13. The topological polar surface area (TPSA) is 55.6 Å². The third kappa shape index (κ3) is 3.43. The number of nitrogens with one attached hydrogen (secondary N) is 1. The molecular weight excluding hydrogens is 318 g/mol. The molecule has 5 nitrogen and oxygen atoms in total. The number of nitrogens with zero attached hydrogens (tertiary/aromatic N) is 4. The lowest BCUT2D eigenvalue weighted by molar-refractivity contribution is 0.475. The molecule has 0 aliphatic carbocycles. The lowest BCUT2D eigenvalue weighted by Crippen LogP contribution is -2.25. The van der Waals surface area contributed by atoms with Crippen LogP contribution in [0.1, 0.15) is 38.2 Å². The molecule has 0 aliphatic heterocycles. The van der Waals surface area contributed by atoms with Crippen LogP contribution in [0.5, 0.6) is 0 Å². The minimum absolute atomic E-state index is 0.0970. The smallest absolute Gasteiger partial charge is 0.173 e. The van der Waals surface area contributed by atoms with Gasteiger partial charge in [-0.15, -0.1) is 5.10 Å². The van der Waals surface area contributed by atoms with Crippen LogP contribution in [0.4, 0.5) is 0 Å². The van der Waals surface area contributed by atoms with Crippen molar-refractivity contribution in [2.45, 2.75) is 33.7 Å². The van der Waals surface area contributed by atoms with Crippen LogP contribution in [-0.4, -0.2) is 26.8 Å². The fraction of sp³-hybridized carbons (Fsp3) is 0.500. The summed E-state index contributed by atoms with van der Waals surface area (Å²) in [5, 5.41) is 15.6. The first-order valence-electron chi connectivity index (χ1n) is 6.77. The van der Waals surface area contributed by atoms with Crippen LogP contribution in [0.2, 0.25) is 0 Å². The molecule has 1 aromatic carbocycles. The molecule has 0 bridgehead atoms. The van der Waals surface area contributed by atoms with E-state index in [1.807, 2.05) is 6.07 Å². The highest BCUT2D eigenvalue weighted by Gasteiger charge is 2.17. The predicted molar refractivity (Wildman–Crippen MR) is 82.8 cm³/mol. The van der Waals surface area contributed by atoms with Gasteiger partial charge in [0, 0.05) is 4.47 Å². The van der Waals surface area contributed by atoms with Crippen molar-refractivity contribution in [3.05, 3.63) is 34.1 Å². The Bertz CT molecular complexity index is 579. The van der Waals surface area contributed by atoms with Gasteiger partial charge < -0.3 is 5.32 Å². The maximum Gasteiger partial charge on any atom is 0.173 e. The van der Waals surface area contributed by atoms with Crippen molar-refractivity contribution >= 4 is 15.9 Å². The van der Waals surface area contributed by atoms with Crippen molar-refractivity contribution in [1.82, 2.24) is 25.5 Å². The molecule has 6 heteroatoms. The van der Waals surface area contributed by atoms with Gasteiger partial charge in [-0.3, -0.25) is 0 Å². The molecule has 1 aromatic heterocycles. The highest BCUT2D eigenvalue weighted by molar-refractivity contribution is 9.10. The molecule has 20 heavy (non-hydrogen) atoms. The van der Waals surface area contributed by atoms with Crippen molar-refractivity contribution in [2.24, 2.45) is 5.92 Å². The number of tetrazole rings is 1. The van der Waals surface area contributed by atoms with Crippen LogP contribution >= 0.6 is 15.9 Å². The summed E-state index contributed by atoms with van der Waals surface area (Å²) in [7, 11) is 0. The second-order valence-corrected chi connectivity index (χ2v) is 6.28. The maximum atomic E-state index is 4.16. The fourth-order valence-electron chi connectivity index (χ4n) is 1.92. The highest BCUT2D eigenvalue weighted by Crippen LogP contribution is 2.23. The lowest BCUT2D eigenvalue weighted by atomic mass is 10.2. The number of aromatic nitrogens is 4. The fourth-order valence-corrected chi connectivity index (χ4v) is 2.34. The van der Waals surface area contributed by atoms with Crippen LogP contribution in [0.15, 0.2) is 22.7 Å². The van der Waals surface area contributed by atoms with Crippen molar-refractivity contribution in [1.29, 1.82) is 0 Å². The zero-order valence-electron chi connectivity index (χ0n) is 12.3. The van der Waals surface area contributed by atoms with E-state index in [2.05, 4.69) is 76.6 Å². The molecule has 0 saturated carbocycles. The van der Waals surface area contributed by atoms with Crippen molar-refractivity contribution in [3.63, 3.8) is 0 Å². The maximum absolute atomic E-state index is 4.16. The standard InChI is InChI=1S/C14H20BrN5/c1-9(2)8-16-11(4)14-17-18-19-20(14)13-7-10(3)5-6-12(13)15/h5-7,9,11,16H,8H2,1-4H3. The molecule has 2 rings (SSSR count). The zero-order chi connectivity index (χ0) is 14.7. The van der Waals surface area contributed by atoms with E-state index in [0.717, 1.165) is 22.5 Å². The molecule has 0 aliphatic rings. The van der Waals surface area contributed by atoms with Gasteiger partial charge >= 0.3 is 0 Å². The SMILES string of the molecule is Cc1ccc(Br)c(-n2nnnc2C(C)NCC(C)C)c1. The molecule has 0 radical (unpaired) electrons. The van der Waals surface area contributed by atoms with E-state index in [9.17, 15) is 0 Å². The molecule has 1 heterocycles. The molecule has 2 aromatic rings. The number of hydrogen-bond donors (Lipinski definition) is 1. The minimum Gasteiger partial charge on any atom is -0.307 e. The first-order chi connectivity index (χ1) is 9.49. The molecule has 0 saturated heterocycles. The molecule has 1 unspecified atom stereocenters. The first-order valence-corrected chi connectivity index (χ1v) is 7.56. The van der Waals surface area contributed by atoms with Gasteiger partial charge in [-0.05, 0) is 70.4 Å². The molecular formula is C14H20BrN5. The second kappa shape index (κ2) is 6.45. The van der Waals surface area contributed by atoms with E-state index in [0.29, 0.717) is 5.92 Å². The Morgan fingerprint density at radius 3 is 2.75 bits per heavy atom. The third-order valence-electron chi connectivity index (χ3n) is 3.04. The van der Waals surface area contributed by atoms with E-state index >= 15 is 0 Å². The Morgan fingerprint density at radius 2 is 2.05 bits per heavy atom. The number of hydrogen-bond acceptors (Lipinski definition) is 4. The monoisotopic (exact) mass is 337 g/mol. The van der Waals surface area contributed by atoms with Gasteiger partial charge in [-0.1, -0.05) is 19.9 Å². The summed E-state index contributed by atoms with van der Waals surface area (Å²) in [6.07, 6.45) is 0. The van der Waals surface area contributed by atoms with Crippen LogP contribution < -0.4 is 5.32 Å². The van der Waals surface area contributed by atoms with Gasteiger partial charge in [-0.2, -0.15) is 4.68 Å². The number of benzene rings is 1. The summed E-state index contributed by atoms with van der Waals surface area (Å²) in [4.78, 5) is 0. The van der Waals surface area contributed by atoms with E-state index in [1.165, 1.54) is 5.56 Å². The van der Waals surface area contributed by atoms with Gasteiger partial charge in [0.05, 0.1) is 11.7 Å². The van der Waals surface area contributed by atoms with Crippen molar-refractivity contribution < 1.29 is 0 Å². The summed E-state index contributed by atoms with van der Waals surface area (Å²) in [5.74, 6) is 1.41. The minimum atomic E-state index is 0.0970. The van der Waals surface area contributed by atoms with E-state index in [-0.39, 0.29) is 6.04 Å². The quantitative estimate of drug-likeness (QED) is 0.910. The average molecular weight is 338 g/mol. The molecule has 0 spiro atoms. The van der Waals surface area contributed by atoms with Gasteiger partial charge in [-0.25, -0.2) is 0 Å². The number of halogens is 1. The third-order valence-corrected chi connectivity index (χ3v) is 3.71. The summed E-state index contributed by atoms with van der Waals surface area (Å²) < 4.78 is 2.77. The van der Waals surface area contributed by atoms with Crippen LogP contribution in [0, 0.1) is 12.8 Å². The Balaban J connectivity index is 2.30. The summed E-state index contributed by atoms with van der Waals surface area (Å²) in [6, 6.07) is 6.24.